The summed E-state index contributed by atoms with van der Waals surface area (Å²) < 4.78 is 0. The summed E-state index contributed by atoms with van der Waals surface area (Å²) in [4.78, 5) is 0. The molecule has 0 radical (unpaired) electrons. The number of rotatable bonds is 7. The molecule has 0 aromatic heterocycles. The van der Waals surface area contributed by atoms with Crippen molar-refractivity contribution >= 4 is 11.8 Å². The molecule has 1 aliphatic rings. The van der Waals surface area contributed by atoms with Crippen LogP contribution in [0.15, 0.2) is 0 Å². The molecule has 96 valence electrons. The van der Waals surface area contributed by atoms with Crippen LogP contribution >= 0.6 is 11.8 Å². The summed E-state index contributed by atoms with van der Waals surface area (Å²) in [5.41, 5.74) is 0. The van der Waals surface area contributed by atoms with Crippen LogP contribution in [0.2, 0.25) is 0 Å². The first-order chi connectivity index (χ1) is 7.84. The van der Waals surface area contributed by atoms with E-state index in [2.05, 4.69) is 30.9 Å². The van der Waals surface area contributed by atoms with Crippen molar-refractivity contribution in [2.75, 3.05) is 18.1 Å². The zero-order valence-corrected chi connectivity index (χ0v) is 12.0. The zero-order valence-electron chi connectivity index (χ0n) is 11.1. The van der Waals surface area contributed by atoms with E-state index in [1.807, 2.05) is 0 Å². The molecule has 0 unspecified atom stereocenters. The van der Waals surface area contributed by atoms with Gasteiger partial charge in [-0.05, 0) is 50.2 Å². The first-order valence-corrected chi connectivity index (χ1v) is 8.31. The van der Waals surface area contributed by atoms with E-state index in [9.17, 15) is 0 Å². The van der Waals surface area contributed by atoms with Crippen molar-refractivity contribution in [2.45, 2.75) is 64.8 Å². The van der Waals surface area contributed by atoms with Crippen molar-refractivity contribution in [3.63, 3.8) is 0 Å². The van der Waals surface area contributed by atoms with Crippen molar-refractivity contribution < 1.29 is 0 Å². The van der Waals surface area contributed by atoms with Crippen LogP contribution < -0.4 is 5.32 Å². The van der Waals surface area contributed by atoms with Crippen molar-refractivity contribution in [2.24, 2.45) is 5.92 Å². The molecule has 1 atom stereocenters. The van der Waals surface area contributed by atoms with E-state index in [0.29, 0.717) is 0 Å². The molecule has 0 aromatic carbocycles. The van der Waals surface area contributed by atoms with Gasteiger partial charge in [0.05, 0.1) is 0 Å². The van der Waals surface area contributed by atoms with Crippen LogP contribution in [0.3, 0.4) is 0 Å². The SMILES string of the molecule is CCSCCCN[C@@H](C)C1CCCCCC1. The van der Waals surface area contributed by atoms with Crippen molar-refractivity contribution in [1.29, 1.82) is 0 Å². The highest BCUT2D eigenvalue weighted by molar-refractivity contribution is 7.99. The zero-order chi connectivity index (χ0) is 11.6. The number of hydrogen-bond donors (Lipinski definition) is 1. The maximum Gasteiger partial charge on any atom is 0.00670 e. The first-order valence-electron chi connectivity index (χ1n) is 7.15. The maximum absolute atomic E-state index is 3.73. The second-order valence-electron chi connectivity index (χ2n) is 5.04. The molecule has 16 heavy (non-hydrogen) atoms. The van der Waals surface area contributed by atoms with Gasteiger partial charge < -0.3 is 5.32 Å². The van der Waals surface area contributed by atoms with E-state index in [4.69, 9.17) is 0 Å². The van der Waals surface area contributed by atoms with Gasteiger partial charge in [-0.15, -0.1) is 0 Å². The van der Waals surface area contributed by atoms with E-state index >= 15 is 0 Å². The molecule has 1 rings (SSSR count). The molecule has 2 heteroatoms. The molecule has 1 fully saturated rings. The fraction of sp³-hybridized carbons (Fsp3) is 1.00. The summed E-state index contributed by atoms with van der Waals surface area (Å²) in [5.74, 6) is 3.53. The van der Waals surface area contributed by atoms with E-state index < -0.39 is 0 Å². The summed E-state index contributed by atoms with van der Waals surface area (Å²) >= 11 is 2.06. The second-order valence-corrected chi connectivity index (χ2v) is 6.44. The van der Waals surface area contributed by atoms with Gasteiger partial charge in [-0.2, -0.15) is 11.8 Å². The van der Waals surface area contributed by atoms with E-state index in [1.165, 1.54) is 63.0 Å². The Morgan fingerprint density at radius 3 is 2.50 bits per heavy atom. The Kier molecular flexibility index (Phi) is 8.40. The van der Waals surface area contributed by atoms with Gasteiger partial charge >= 0.3 is 0 Å². The van der Waals surface area contributed by atoms with Crippen LogP contribution in [0, 0.1) is 5.92 Å². The molecule has 1 N–H and O–H groups in total. The molecular weight excluding hydrogens is 214 g/mol. The van der Waals surface area contributed by atoms with E-state index in [-0.39, 0.29) is 0 Å². The monoisotopic (exact) mass is 243 g/mol. The van der Waals surface area contributed by atoms with Crippen LogP contribution in [-0.2, 0) is 0 Å². The fourth-order valence-corrected chi connectivity index (χ4v) is 3.26. The molecule has 1 nitrogen and oxygen atoms in total. The molecule has 0 amide bonds. The topological polar surface area (TPSA) is 12.0 Å². The van der Waals surface area contributed by atoms with E-state index in [1.54, 1.807) is 0 Å². The van der Waals surface area contributed by atoms with Gasteiger partial charge in [0, 0.05) is 6.04 Å². The standard InChI is InChI=1S/C14H29NS/c1-3-16-12-8-11-15-13(2)14-9-6-4-5-7-10-14/h13-15H,3-12H2,1-2H3/t13-/m0/s1. The molecule has 0 bridgehead atoms. The minimum Gasteiger partial charge on any atom is -0.314 e. The Balaban J connectivity index is 2.05. The predicted octanol–water partition coefficient (Wildman–Crippen LogP) is 4.08. The second kappa shape index (κ2) is 9.35. The first kappa shape index (κ1) is 14.4. The third-order valence-electron chi connectivity index (χ3n) is 3.74. The average molecular weight is 243 g/mol. The lowest BCUT2D eigenvalue weighted by Crippen LogP contribution is -2.34. The minimum absolute atomic E-state index is 0.740. The number of nitrogens with one attached hydrogen (secondary N) is 1. The number of hydrogen-bond acceptors (Lipinski definition) is 2. The van der Waals surface area contributed by atoms with Gasteiger partial charge in [-0.3, -0.25) is 0 Å². The summed E-state index contributed by atoms with van der Waals surface area (Å²) in [6, 6.07) is 0.740. The lowest BCUT2D eigenvalue weighted by molar-refractivity contribution is 0.339. The molecule has 0 spiro atoms. The van der Waals surface area contributed by atoms with Gasteiger partial charge in [-0.1, -0.05) is 32.6 Å². The highest BCUT2D eigenvalue weighted by Crippen LogP contribution is 2.25. The Bertz CT molecular complexity index is 153. The predicted molar refractivity (Wildman–Crippen MR) is 76.3 cm³/mol. The molecule has 0 heterocycles. The van der Waals surface area contributed by atoms with Gasteiger partial charge in [0.25, 0.3) is 0 Å². The minimum atomic E-state index is 0.740. The lowest BCUT2D eigenvalue weighted by atomic mass is 9.93. The summed E-state index contributed by atoms with van der Waals surface area (Å²) in [6.07, 6.45) is 10.1. The molecule has 1 saturated carbocycles. The molecule has 0 saturated heterocycles. The van der Waals surface area contributed by atoms with Crippen LogP contribution in [0.1, 0.15) is 58.8 Å². The largest absolute Gasteiger partial charge is 0.314 e. The summed E-state index contributed by atoms with van der Waals surface area (Å²) in [5, 5.41) is 3.73. The van der Waals surface area contributed by atoms with Crippen molar-refractivity contribution in [3.8, 4) is 0 Å². The number of thioether (sulfide) groups is 1. The third-order valence-corrected chi connectivity index (χ3v) is 4.73. The van der Waals surface area contributed by atoms with Crippen molar-refractivity contribution in [1.82, 2.24) is 5.32 Å². The van der Waals surface area contributed by atoms with Crippen LogP contribution in [0.25, 0.3) is 0 Å². The Hall–Kier alpha value is 0.310. The highest BCUT2D eigenvalue weighted by atomic mass is 32.2. The normalized spacial score (nSPS) is 20.6. The Labute approximate surface area is 106 Å². The average Bonchev–Trinajstić information content (AvgIpc) is 2.57. The summed E-state index contributed by atoms with van der Waals surface area (Å²) in [7, 11) is 0. The van der Waals surface area contributed by atoms with Crippen LogP contribution in [-0.4, -0.2) is 24.1 Å². The molecule has 0 aromatic rings. The van der Waals surface area contributed by atoms with Gasteiger partial charge in [0.1, 0.15) is 0 Å². The lowest BCUT2D eigenvalue weighted by Gasteiger charge is -2.23. The summed E-state index contributed by atoms with van der Waals surface area (Å²) in [6.45, 7) is 5.85. The van der Waals surface area contributed by atoms with Gasteiger partial charge in [-0.25, -0.2) is 0 Å². The van der Waals surface area contributed by atoms with Gasteiger partial charge in [0.15, 0.2) is 0 Å². The fourth-order valence-electron chi connectivity index (χ4n) is 2.63. The molecule has 1 aliphatic carbocycles. The van der Waals surface area contributed by atoms with Crippen molar-refractivity contribution in [3.05, 3.63) is 0 Å². The van der Waals surface area contributed by atoms with Gasteiger partial charge in [0.2, 0.25) is 0 Å². The smallest absolute Gasteiger partial charge is 0.00670 e. The third kappa shape index (κ3) is 6.15. The maximum atomic E-state index is 3.73. The quantitative estimate of drug-likeness (QED) is 0.534. The molecular formula is C14H29NS. The van der Waals surface area contributed by atoms with Crippen LogP contribution in [0.4, 0.5) is 0 Å². The highest BCUT2D eigenvalue weighted by Gasteiger charge is 2.17. The van der Waals surface area contributed by atoms with Crippen LogP contribution in [0.5, 0.6) is 0 Å². The molecule has 0 aliphatic heterocycles. The Morgan fingerprint density at radius 2 is 1.88 bits per heavy atom. The van der Waals surface area contributed by atoms with E-state index in [0.717, 1.165) is 12.0 Å². The Morgan fingerprint density at radius 1 is 1.19 bits per heavy atom.